The molecular formula is C34H50O13. The lowest BCUT2D eigenvalue weighted by Gasteiger charge is -2.65. The molecule has 2 saturated heterocycles. The molecule has 6 fully saturated rings. The Bertz CT molecular complexity index is 1250. The van der Waals surface area contributed by atoms with Crippen LogP contribution in [-0.2, 0) is 33.3 Å². The van der Waals surface area contributed by atoms with Crippen LogP contribution < -0.4 is 0 Å². The summed E-state index contributed by atoms with van der Waals surface area (Å²) in [5.41, 5.74) is -2.86. The van der Waals surface area contributed by atoms with Gasteiger partial charge in [-0.15, -0.1) is 0 Å². The third-order valence-electron chi connectivity index (χ3n) is 13.6. The minimum absolute atomic E-state index is 0.0370. The zero-order chi connectivity index (χ0) is 33.5. The van der Waals surface area contributed by atoms with E-state index < -0.39 is 77.3 Å². The summed E-state index contributed by atoms with van der Waals surface area (Å²) in [6.07, 6.45) is -1.89. The van der Waals surface area contributed by atoms with Crippen LogP contribution in [0.4, 0.5) is 0 Å². The Labute approximate surface area is 274 Å². The molecule has 4 aliphatic carbocycles. The smallest absolute Gasteiger partial charge is 0.331 e. The summed E-state index contributed by atoms with van der Waals surface area (Å²) >= 11 is 0. The highest BCUT2D eigenvalue weighted by Gasteiger charge is 2.71. The Balaban J connectivity index is 1.01. The lowest BCUT2D eigenvalue weighted by Crippen LogP contribution is -2.69. The number of esters is 1. The van der Waals surface area contributed by atoms with E-state index in [4.69, 9.17) is 23.7 Å². The SMILES string of the molecule is C[C@H]1O[C@@H](O[C@H]2CC[C@]3(C=O)[C@H]4CC[C@]5(C)[C@@H](C6=CC(=O)OC6)CC[C@]5(O)[C@@H]4CC[C@]3(O)C2)C[C@H](O)[C@H]1O[C@H]1OC[C@@H](O)[C@H](O)[C@H]1O. The highest BCUT2D eigenvalue weighted by atomic mass is 16.7. The number of aldehydes is 1. The van der Waals surface area contributed by atoms with Crippen molar-refractivity contribution in [2.45, 2.75) is 145 Å². The third kappa shape index (κ3) is 5.18. The van der Waals surface area contributed by atoms with Gasteiger partial charge in [0.05, 0.1) is 41.5 Å². The van der Waals surface area contributed by atoms with Gasteiger partial charge in [0.25, 0.3) is 0 Å². The van der Waals surface area contributed by atoms with Crippen molar-refractivity contribution in [2.24, 2.45) is 28.6 Å². The van der Waals surface area contributed by atoms with Crippen LogP contribution in [-0.4, -0.2) is 123 Å². The van der Waals surface area contributed by atoms with Gasteiger partial charge < -0.3 is 59.1 Å². The van der Waals surface area contributed by atoms with Gasteiger partial charge in [-0.05, 0) is 81.6 Å². The van der Waals surface area contributed by atoms with Gasteiger partial charge in [0, 0.05) is 24.3 Å². The number of cyclic esters (lactones) is 1. The number of ether oxygens (including phenoxy) is 5. The van der Waals surface area contributed by atoms with E-state index in [-0.39, 0.29) is 49.8 Å². The second-order valence-electron chi connectivity index (χ2n) is 15.7. The van der Waals surface area contributed by atoms with E-state index in [1.807, 2.05) is 0 Å². The van der Waals surface area contributed by atoms with Crippen molar-refractivity contribution in [3.8, 4) is 0 Å². The maximum absolute atomic E-state index is 13.1. The van der Waals surface area contributed by atoms with Crippen molar-refractivity contribution in [3.63, 3.8) is 0 Å². The molecule has 4 saturated carbocycles. The standard InChI is InChI=1S/C34H50O13/c1-17-29(47-30-28(40)27(39)24(37)15-44-30)23(36)12-26(45-17)46-19-3-8-32(16-35)21-4-7-31(2)20(18-11-25(38)43-14-18)6-10-34(31,42)22(21)5-9-33(32,41)13-19/h11,16-17,19-24,26-30,36-37,39-42H,3-10,12-15H2,1-2H3/t17-,19+,20-,21+,22-,23+,24-,26+,27+,28-,29+,30-,31-,32+,33+,34+/m1/s1. The molecule has 3 heterocycles. The summed E-state index contributed by atoms with van der Waals surface area (Å²) in [5.74, 6) is -0.635. The first-order valence-electron chi connectivity index (χ1n) is 17.3. The Morgan fingerprint density at radius 1 is 0.936 bits per heavy atom. The van der Waals surface area contributed by atoms with Crippen LogP contribution in [0.15, 0.2) is 11.6 Å². The molecule has 264 valence electrons. The van der Waals surface area contributed by atoms with Crippen molar-refractivity contribution in [3.05, 3.63) is 11.6 Å². The van der Waals surface area contributed by atoms with E-state index in [9.17, 15) is 40.2 Å². The molecule has 7 aliphatic rings. The van der Waals surface area contributed by atoms with Gasteiger partial charge in [0.2, 0.25) is 0 Å². The van der Waals surface area contributed by atoms with E-state index in [0.29, 0.717) is 44.9 Å². The topological polar surface area (TPSA) is 202 Å². The van der Waals surface area contributed by atoms with Crippen molar-refractivity contribution in [2.75, 3.05) is 13.2 Å². The number of rotatable bonds is 6. The number of carbonyl (C=O) groups excluding carboxylic acids is 2. The van der Waals surface area contributed by atoms with Crippen molar-refractivity contribution in [1.29, 1.82) is 0 Å². The summed E-state index contributed by atoms with van der Waals surface area (Å²) < 4.78 is 28.7. The number of carbonyl (C=O) groups is 2. The highest BCUT2D eigenvalue weighted by molar-refractivity contribution is 5.85. The summed E-state index contributed by atoms with van der Waals surface area (Å²) in [4.78, 5) is 25.0. The molecular weight excluding hydrogens is 616 g/mol. The fraction of sp³-hybridized carbons (Fsp3) is 0.882. The van der Waals surface area contributed by atoms with E-state index in [1.165, 1.54) is 0 Å². The van der Waals surface area contributed by atoms with Crippen LogP contribution in [0.5, 0.6) is 0 Å². The molecule has 13 nitrogen and oxygen atoms in total. The Morgan fingerprint density at radius 3 is 2.40 bits per heavy atom. The average Bonchev–Trinajstić information content (AvgIpc) is 3.57. The van der Waals surface area contributed by atoms with Gasteiger partial charge in [-0.3, -0.25) is 0 Å². The fourth-order valence-corrected chi connectivity index (χ4v) is 11.0. The largest absolute Gasteiger partial charge is 0.458 e. The van der Waals surface area contributed by atoms with Crippen LogP contribution >= 0.6 is 0 Å². The summed E-state index contributed by atoms with van der Waals surface area (Å²) in [6.45, 7) is 3.86. The molecule has 13 heteroatoms. The van der Waals surface area contributed by atoms with Gasteiger partial charge in [-0.2, -0.15) is 0 Å². The number of fused-ring (bicyclic) bond motifs is 5. The normalized spacial score (nSPS) is 54.6. The monoisotopic (exact) mass is 666 g/mol. The molecule has 6 N–H and O–H groups in total. The first-order chi connectivity index (χ1) is 22.2. The molecule has 7 rings (SSSR count). The van der Waals surface area contributed by atoms with E-state index in [2.05, 4.69) is 6.92 Å². The maximum Gasteiger partial charge on any atom is 0.331 e. The van der Waals surface area contributed by atoms with Crippen LogP contribution in [0.1, 0.15) is 78.1 Å². The summed E-state index contributed by atoms with van der Waals surface area (Å²) in [7, 11) is 0. The second kappa shape index (κ2) is 12.1. The third-order valence-corrected chi connectivity index (χ3v) is 13.6. The van der Waals surface area contributed by atoms with Gasteiger partial charge >= 0.3 is 5.97 Å². The van der Waals surface area contributed by atoms with Gasteiger partial charge in [0.1, 0.15) is 37.3 Å². The second-order valence-corrected chi connectivity index (χ2v) is 15.7. The van der Waals surface area contributed by atoms with E-state index >= 15 is 0 Å². The predicted molar refractivity (Wildman–Crippen MR) is 160 cm³/mol. The van der Waals surface area contributed by atoms with Crippen molar-refractivity contribution >= 4 is 12.3 Å². The maximum atomic E-state index is 13.1. The summed E-state index contributed by atoms with van der Waals surface area (Å²) in [6, 6.07) is 0. The predicted octanol–water partition coefficient (Wildman–Crippen LogP) is 0.243. The van der Waals surface area contributed by atoms with Crippen molar-refractivity contribution < 1.29 is 63.9 Å². The molecule has 0 amide bonds. The molecule has 3 aliphatic heterocycles. The zero-order valence-electron chi connectivity index (χ0n) is 27.1. The Kier molecular flexibility index (Phi) is 8.72. The number of hydrogen-bond donors (Lipinski definition) is 6. The first-order valence-corrected chi connectivity index (χ1v) is 17.3. The van der Waals surface area contributed by atoms with Crippen LogP contribution in [0.25, 0.3) is 0 Å². The van der Waals surface area contributed by atoms with Crippen LogP contribution in [0, 0.1) is 28.6 Å². The quantitative estimate of drug-likeness (QED) is 0.128. The fourth-order valence-electron chi connectivity index (χ4n) is 11.0. The minimum atomic E-state index is -1.50. The first kappa shape index (κ1) is 34.0. The number of hydrogen-bond acceptors (Lipinski definition) is 13. The zero-order valence-corrected chi connectivity index (χ0v) is 27.1. The minimum Gasteiger partial charge on any atom is -0.458 e. The molecule has 16 atom stereocenters. The number of aliphatic hydroxyl groups is 6. The lowest BCUT2D eigenvalue weighted by atomic mass is 9.41. The Hall–Kier alpha value is -1.52. The van der Waals surface area contributed by atoms with Crippen molar-refractivity contribution in [1.82, 2.24) is 0 Å². The molecule has 0 bridgehead atoms. The van der Waals surface area contributed by atoms with Gasteiger partial charge in [0.15, 0.2) is 12.6 Å². The summed E-state index contributed by atoms with van der Waals surface area (Å²) in [5, 5.41) is 65.7. The molecule has 0 spiro atoms. The van der Waals surface area contributed by atoms with Gasteiger partial charge in [-0.25, -0.2) is 4.79 Å². The molecule has 0 unspecified atom stereocenters. The lowest BCUT2D eigenvalue weighted by molar-refractivity contribution is -0.331. The highest BCUT2D eigenvalue weighted by Crippen LogP contribution is 2.70. The van der Waals surface area contributed by atoms with E-state index in [1.54, 1.807) is 13.0 Å². The molecule has 47 heavy (non-hydrogen) atoms. The van der Waals surface area contributed by atoms with Crippen LogP contribution in [0.2, 0.25) is 0 Å². The van der Waals surface area contributed by atoms with Gasteiger partial charge in [-0.1, -0.05) is 6.92 Å². The molecule has 0 radical (unpaired) electrons. The van der Waals surface area contributed by atoms with Crippen LogP contribution in [0.3, 0.4) is 0 Å². The molecule has 0 aromatic rings. The molecule has 0 aromatic heterocycles. The Morgan fingerprint density at radius 2 is 1.70 bits per heavy atom. The molecule has 0 aromatic carbocycles. The average molecular weight is 667 g/mol. The van der Waals surface area contributed by atoms with E-state index in [0.717, 1.165) is 18.3 Å². The number of aliphatic hydroxyl groups excluding tert-OH is 4.